The van der Waals surface area contributed by atoms with Crippen LogP contribution in [-0.4, -0.2) is 39.4 Å². The molecule has 1 aliphatic carbocycles. The van der Waals surface area contributed by atoms with Gasteiger partial charge in [-0.1, -0.05) is 19.3 Å². The summed E-state index contributed by atoms with van der Waals surface area (Å²) >= 11 is 0. The van der Waals surface area contributed by atoms with Gasteiger partial charge >= 0.3 is 0 Å². The molecule has 142 valence electrons. The third-order valence-electron chi connectivity index (χ3n) is 4.93. The number of nitrogens with zero attached hydrogens (tertiary/aromatic N) is 1. The van der Waals surface area contributed by atoms with Gasteiger partial charge in [-0.2, -0.15) is 0 Å². The molecule has 2 amide bonds. The molecule has 2 fully saturated rings. The van der Waals surface area contributed by atoms with Crippen molar-refractivity contribution in [1.82, 2.24) is 10.0 Å². The summed E-state index contributed by atoms with van der Waals surface area (Å²) in [7, 11) is -3.76. The van der Waals surface area contributed by atoms with E-state index in [0.717, 1.165) is 32.1 Å². The van der Waals surface area contributed by atoms with E-state index in [1.54, 1.807) is 17.0 Å². The Morgan fingerprint density at radius 3 is 2.38 bits per heavy atom. The molecule has 26 heavy (non-hydrogen) atoms. The quantitative estimate of drug-likeness (QED) is 0.784. The summed E-state index contributed by atoms with van der Waals surface area (Å²) in [4.78, 5) is 25.5. The molecule has 8 heteroatoms. The number of sulfonamides is 1. The van der Waals surface area contributed by atoms with Crippen LogP contribution in [0, 0.1) is 0 Å². The molecule has 1 aromatic carbocycles. The lowest BCUT2D eigenvalue weighted by Crippen LogP contribution is -2.42. The molecule has 0 radical (unpaired) electrons. The van der Waals surface area contributed by atoms with E-state index >= 15 is 0 Å². The molecule has 0 spiro atoms. The Hall–Kier alpha value is -1.93. The number of hydrogen-bond acceptors (Lipinski definition) is 4. The predicted molar refractivity (Wildman–Crippen MR) is 98.2 cm³/mol. The minimum absolute atomic E-state index is 0.0538. The number of nitrogens with one attached hydrogen (secondary N) is 2. The van der Waals surface area contributed by atoms with Crippen LogP contribution >= 0.6 is 0 Å². The second kappa shape index (κ2) is 8.18. The lowest BCUT2D eigenvalue weighted by molar-refractivity contribution is -0.121. The summed E-state index contributed by atoms with van der Waals surface area (Å²) in [5.74, 6) is -0.252. The normalized spacial score (nSPS) is 18.9. The van der Waals surface area contributed by atoms with Crippen molar-refractivity contribution < 1.29 is 18.0 Å². The highest BCUT2D eigenvalue weighted by molar-refractivity contribution is 7.89. The second-order valence-electron chi connectivity index (χ2n) is 6.87. The monoisotopic (exact) mass is 379 g/mol. The van der Waals surface area contributed by atoms with Gasteiger partial charge in [0.15, 0.2) is 0 Å². The van der Waals surface area contributed by atoms with Crippen molar-refractivity contribution in [1.29, 1.82) is 0 Å². The molecule has 1 aliphatic heterocycles. The maximum atomic E-state index is 12.4. The first-order valence-electron chi connectivity index (χ1n) is 9.15. The van der Waals surface area contributed by atoms with Crippen LogP contribution in [0.25, 0.3) is 0 Å². The highest BCUT2D eigenvalue weighted by Gasteiger charge is 2.23. The SMILES string of the molecule is O=C(CNS(=O)(=O)c1ccc(N2CCCC2=O)cc1)NC1CCCCC1. The zero-order valence-corrected chi connectivity index (χ0v) is 15.6. The summed E-state index contributed by atoms with van der Waals surface area (Å²) in [6.45, 7) is 0.385. The van der Waals surface area contributed by atoms with E-state index in [1.807, 2.05) is 0 Å². The zero-order chi connectivity index (χ0) is 18.6. The third kappa shape index (κ3) is 4.62. The molecule has 1 heterocycles. The first kappa shape index (κ1) is 18.8. The van der Waals surface area contributed by atoms with Gasteiger partial charge in [0, 0.05) is 24.7 Å². The molecular formula is C18H25N3O4S. The molecule has 7 nitrogen and oxygen atoms in total. The molecule has 0 aromatic heterocycles. The molecule has 1 aromatic rings. The molecule has 2 aliphatic rings. The van der Waals surface area contributed by atoms with E-state index in [1.165, 1.54) is 18.6 Å². The maximum Gasteiger partial charge on any atom is 0.241 e. The standard InChI is InChI=1S/C18H25N3O4S/c22-17(20-14-5-2-1-3-6-14)13-19-26(24,25)16-10-8-15(9-11-16)21-12-4-7-18(21)23/h8-11,14,19H,1-7,12-13H2,(H,20,22). The van der Waals surface area contributed by atoms with Gasteiger partial charge in [-0.05, 0) is 43.5 Å². The van der Waals surface area contributed by atoms with E-state index in [-0.39, 0.29) is 29.3 Å². The van der Waals surface area contributed by atoms with Crippen LogP contribution in [0.3, 0.4) is 0 Å². The van der Waals surface area contributed by atoms with E-state index in [0.29, 0.717) is 18.7 Å². The summed E-state index contributed by atoms with van der Waals surface area (Å²) in [5, 5.41) is 2.88. The molecule has 0 atom stereocenters. The number of amides is 2. The van der Waals surface area contributed by atoms with Crippen LogP contribution in [0.2, 0.25) is 0 Å². The summed E-state index contributed by atoms with van der Waals surface area (Å²) in [6.07, 6.45) is 6.64. The van der Waals surface area contributed by atoms with Gasteiger partial charge in [0.05, 0.1) is 11.4 Å². The Balaban J connectivity index is 1.55. The van der Waals surface area contributed by atoms with E-state index in [4.69, 9.17) is 0 Å². The van der Waals surface area contributed by atoms with Crippen molar-refractivity contribution in [3.05, 3.63) is 24.3 Å². The summed E-state index contributed by atoms with van der Waals surface area (Å²) in [6, 6.07) is 6.32. The minimum atomic E-state index is -3.76. The second-order valence-corrected chi connectivity index (χ2v) is 8.64. The Kier molecular flexibility index (Phi) is 5.93. The smallest absolute Gasteiger partial charge is 0.241 e. The molecule has 2 N–H and O–H groups in total. The lowest BCUT2D eigenvalue weighted by atomic mass is 9.95. The topological polar surface area (TPSA) is 95.6 Å². The first-order chi connectivity index (χ1) is 12.5. The van der Waals surface area contributed by atoms with Crippen LogP contribution in [0.15, 0.2) is 29.2 Å². The number of hydrogen-bond donors (Lipinski definition) is 2. The molecular weight excluding hydrogens is 354 g/mol. The van der Waals surface area contributed by atoms with Gasteiger partial charge in [-0.3, -0.25) is 9.59 Å². The Labute approximate surface area is 154 Å². The predicted octanol–water partition coefficient (Wildman–Crippen LogP) is 1.54. The number of benzene rings is 1. The average molecular weight is 379 g/mol. The largest absolute Gasteiger partial charge is 0.352 e. The van der Waals surface area contributed by atoms with Crippen molar-refractivity contribution in [2.24, 2.45) is 0 Å². The number of rotatable bonds is 6. The van der Waals surface area contributed by atoms with E-state index < -0.39 is 10.0 Å². The van der Waals surface area contributed by atoms with Crippen molar-refractivity contribution in [3.8, 4) is 0 Å². The molecule has 1 saturated carbocycles. The highest BCUT2D eigenvalue weighted by atomic mass is 32.2. The van der Waals surface area contributed by atoms with Crippen molar-refractivity contribution in [2.75, 3.05) is 18.0 Å². The number of carbonyl (C=O) groups excluding carboxylic acids is 2. The van der Waals surface area contributed by atoms with Gasteiger partial charge < -0.3 is 10.2 Å². The zero-order valence-electron chi connectivity index (χ0n) is 14.7. The lowest BCUT2D eigenvalue weighted by Gasteiger charge is -2.22. The van der Waals surface area contributed by atoms with Gasteiger partial charge in [0.25, 0.3) is 0 Å². The molecule has 0 unspecified atom stereocenters. The third-order valence-corrected chi connectivity index (χ3v) is 6.34. The van der Waals surface area contributed by atoms with Crippen LogP contribution in [0.5, 0.6) is 0 Å². The van der Waals surface area contributed by atoms with Gasteiger partial charge in [-0.25, -0.2) is 13.1 Å². The maximum absolute atomic E-state index is 12.4. The Morgan fingerprint density at radius 2 is 1.77 bits per heavy atom. The fraction of sp³-hybridized carbons (Fsp3) is 0.556. The Bertz CT molecular complexity index is 755. The highest BCUT2D eigenvalue weighted by Crippen LogP contribution is 2.23. The number of carbonyl (C=O) groups is 2. The van der Waals surface area contributed by atoms with Gasteiger partial charge in [-0.15, -0.1) is 0 Å². The van der Waals surface area contributed by atoms with Crippen molar-refractivity contribution >= 4 is 27.5 Å². The molecule has 1 saturated heterocycles. The van der Waals surface area contributed by atoms with E-state index in [9.17, 15) is 18.0 Å². The molecule has 3 rings (SSSR count). The van der Waals surface area contributed by atoms with Crippen LogP contribution in [-0.2, 0) is 19.6 Å². The Morgan fingerprint density at radius 1 is 1.08 bits per heavy atom. The molecule has 0 bridgehead atoms. The fourth-order valence-electron chi connectivity index (χ4n) is 3.50. The first-order valence-corrected chi connectivity index (χ1v) is 10.6. The fourth-order valence-corrected chi connectivity index (χ4v) is 4.48. The average Bonchev–Trinajstić information content (AvgIpc) is 3.07. The summed E-state index contributed by atoms with van der Waals surface area (Å²) < 4.78 is 27.1. The van der Waals surface area contributed by atoms with Gasteiger partial charge in [0.2, 0.25) is 21.8 Å². The van der Waals surface area contributed by atoms with Crippen molar-refractivity contribution in [2.45, 2.75) is 55.9 Å². The van der Waals surface area contributed by atoms with Crippen LogP contribution in [0.1, 0.15) is 44.9 Å². The summed E-state index contributed by atoms with van der Waals surface area (Å²) in [5.41, 5.74) is 0.696. The van der Waals surface area contributed by atoms with E-state index in [2.05, 4.69) is 10.0 Å². The van der Waals surface area contributed by atoms with Crippen molar-refractivity contribution in [3.63, 3.8) is 0 Å². The van der Waals surface area contributed by atoms with Crippen LogP contribution < -0.4 is 14.9 Å². The van der Waals surface area contributed by atoms with Gasteiger partial charge in [0.1, 0.15) is 0 Å². The number of anilines is 1. The van der Waals surface area contributed by atoms with Crippen LogP contribution in [0.4, 0.5) is 5.69 Å². The minimum Gasteiger partial charge on any atom is -0.352 e.